The maximum atomic E-state index is 12.0. The molecule has 0 aliphatic carbocycles. The first kappa shape index (κ1) is 18.7. The van der Waals surface area contributed by atoms with Crippen molar-refractivity contribution in [3.63, 3.8) is 0 Å². The van der Waals surface area contributed by atoms with Gasteiger partial charge in [0, 0.05) is 24.2 Å². The van der Waals surface area contributed by atoms with Crippen LogP contribution in [0.25, 0.3) is 11.1 Å². The average Bonchev–Trinajstić information content (AvgIpc) is 3.40. The Labute approximate surface area is 172 Å². The fraction of sp³-hybridized carbons (Fsp3) is 0.381. The van der Waals surface area contributed by atoms with Crippen molar-refractivity contribution in [1.82, 2.24) is 4.90 Å². The highest BCUT2D eigenvalue weighted by atomic mass is 16.7. The van der Waals surface area contributed by atoms with Crippen molar-refractivity contribution in [1.29, 1.82) is 0 Å². The summed E-state index contributed by atoms with van der Waals surface area (Å²) < 4.78 is 39.0. The van der Waals surface area contributed by atoms with Gasteiger partial charge in [-0.25, -0.2) is 0 Å². The summed E-state index contributed by atoms with van der Waals surface area (Å²) in [6.45, 7) is 1.27. The van der Waals surface area contributed by atoms with Crippen LogP contribution in [0.15, 0.2) is 12.1 Å². The third-order valence-electron chi connectivity index (χ3n) is 5.44. The zero-order valence-electron chi connectivity index (χ0n) is 16.9. The second kappa shape index (κ2) is 7.17. The van der Waals surface area contributed by atoms with E-state index >= 15 is 0 Å². The quantitative estimate of drug-likeness (QED) is 0.699. The van der Waals surface area contributed by atoms with Gasteiger partial charge >= 0.3 is 5.97 Å². The Kier molecular flexibility index (Phi) is 4.47. The normalized spacial score (nSPS) is 15.8. The Hall–Kier alpha value is -3.33. The molecule has 9 nitrogen and oxygen atoms in total. The van der Waals surface area contributed by atoms with Gasteiger partial charge < -0.3 is 33.2 Å². The highest BCUT2D eigenvalue weighted by Crippen LogP contribution is 2.57. The van der Waals surface area contributed by atoms with Crippen LogP contribution in [0, 0.1) is 0 Å². The van der Waals surface area contributed by atoms with E-state index in [1.54, 1.807) is 14.2 Å². The molecule has 0 bridgehead atoms. The van der Waals surface area contributed by atoms with Gasteiger partial charge in [-0.05, 0) is 23.3 Å². The summed E-state index contributed by atoms with van der Waals surface area (Å²) in [4.78, 5) is 14.0. The molecule has 3 aliphatic rings. The Morgan fingerprint density at radius 2 is 1.30 bits per heavy atom. The highest BCUT2D eigenvalue weighted by Gasteiger charge is 2.36. The minimum absolute atomic E-state index is 0.0963. The summed E-state index contributed by atoms with van der Waals surface area (Å²) in [6, 6.07) is 3.82. The van der Waals surface area contributed by atoms with E-state index in [0.29, 0.717) is 47.6 Å². The summed E-state index contributed by atoms with van der Waals surface area (Å²) in [5.74, 6) is 3.11. The minimum Gasteiger partial charge on any atom is -0.493 e. The standard InChI is InChI=1S/C21H21NO8/c1-24-13-4-11-6-22(8-15(23)26-3)7-12-5-14(25-2)19-21(30-10-28-19)17(12)16(11)20-18(13)27-9-29-20/h4-5H,6-10H2,1-3H3. The summed E-state index contributed by atoms with van der Waals surface area (Å²) in [5, 5.41) is 0. The van der Waals surface area contributed by atoms with Crippen LogP contribution in [0.3, 0.4) is 0 Å². The van der Waals surface area contributed by atoms with Crippen LogP contribution in [0.5, 0.6) is 34.5 Å². The molecule has 0 amide bonds. The van der Waals surface area contributed by atoms with Gasteiger partial charge in [-0.1, -0.05) is 0 Å². The second-order valence-corrected chi connectivity index (χ2v) is 7.08. The molecular weight excluding hydrogens is 394 g/mol. The fourth-order valence-electron chi connectivity index (χ4n) is 4.18. The second-order valence-electron chi connectivity index (χ2n) is 7.08. The van der Waals surface area contributed by atoms with Gasteiger partial charge in [0.05, 0.1) is 27.9 Å². The number of carbonyl (C=O) groups excluding carboxylic acids is 1. The largest absolute Gasteiger partial charge is 0.493 e. The molecule has 2 aromatic rings. The van der Waals surface area contributed by atoms with E-state index in [0.717, 1.165) is 22.3 Å². The lowest BCUT2D eigenvalue weighted by Gasteiger charge is -2.20. The molecule has 0 N–H and O–H groups in total. The lowest BCUT2D eigenvalue weighted by atomic mass is 9.93. The van der Waals surface area contributed by atoms with Gasteiger partial charge in [0.2, 0.25) is 25.1 Å². The van der Waals surface area contributed by atoms with Crippen molar-refractivity contribution in [3.05, 3.63) is 23.3 Å². The van der Waals surface area contributed by atoms with Crippen molar-refractivity contribution in [2.75, 3.05) is 41.5 Å². The predicted octanol–water partition coefficient (Wildman–Crippen LogP) is 2.32. The van der Waals surface area contributed by atoms with Crippen LogP contribution >= 0.6 is 0 Å². The Morgan fingerprint density at radius 3 is 1.73 bits per heavy atom. The van der Waals surface area contributed by atoms with Gasteiger partial charge in [0.1, 0.15) is 0 Å². The van der Waals surface area contributed by atoms with Gasteiger partial charge in [-0.3, -0.25) is 9.69 Å². The zero-order valence-corrected chi connectivity index (χ0v) is 16.9. The monoisotopic (exact) mass is 415 g/mol. The fourth-order valence-corrected chi connectivity index (χ4v) is 4.18. The van der Waals surface area contributed by atoms with Crippen molar-refractivity contribution >= 4 is 5.97 Å². The highest BCUT2D eigenvalue weighted by molar-refractivity contribution is 5.89. The molecule has 5 rings (SSSR count). The number of esters is 1. The van der Waals surface area contributed by atoms with E-state index < -0.39 is 0 Å². The van der Waals surface area contributed by atoms with E-state index in [1.807, 2.05) is 17.0 Å². The van der Waals surface area contributed by atoms with Crippen LogP contribution in [0.2, 0.25) is 0 Å². The SMILES string of the molecule is COC(=O)CN1Cc2cc(OC)c3c(c2-c2c(cc(OC)c4c2OCO4)C1)OCO3. The molecule has 3 heterocycles. The first-order valence-corrected chi connectivity index (χ1v) is 9.43. The molecule has 0 unspecified atom stereocenters. The molecule has 0 radical (unpaired) electrons. The molecule has 158 valence electrons. The molecule has 3 aliphatic heterocycles. The third kappa shape index (κ3) is 2.77. The molecule has 0 aromatic heterocycles. The number of methoxy groups -OCH3 is 3. The van der Waals surface area contributed by atoms with Gasteiger partial charge in [-0.15, -0.1) is 0 Å². The van der Waals surface area contributed by atoms with Crippen molar-refractivity contribution in [2.45, 2.75) is 13.1 Å². The number of ether oxygens (including phenoxy) is 7. The molecule has 2 aromatic carbocycles. The number of fused-ring (bicyclic) bond motifs is 7. The number of hydrogen-bond acceptors (Lipinski definition) is 9. The molecule has 0 spiro atoms. The summed E-state index contributed by atoms with van der Waals surface area (Å²) in [7, 11) is 4.55. The molecule has 0 saturated heterocycles. The molecule has 0 saturated carbocycles. The smallest absolute Gasteiger partial charge is 0.319 e. The molecular formula is C21H21NO8. The molecule has 30 heavy (non-hydrogen) atoms. The van der Waals surface area contributed by atoms with E-state index in [1.165, 1.54) is 7.11 Å². The van der Waals surface area contributed by atoms with Crippen LogP contribution in [-0.4, -0.2) is 52.3 Å². The number of nitrogens with zero attached hydrogens (tertiary/aromatic N) is 1. The van der Waals surface area contributed by atoms with Gasteiger partial charge in [0.25, 0.3) is 0 Å². The van der Waals surface area contributed by atoms with E-state index in [4.69, 9.17) is 33.2 Å². The third-order valence-corrected chi connectivity index (χ3v) is 5.44. The van der Waals surface area contributed by atoms with E-state index in [2.05, 4.69) is 0 Å². The lowest BCUT2D eigenvalue weighted by molar-refractivity contribution is -0.142. The molecule has 0 fully saturated rings. The lowest BCUT2D eigenvalue weighted by Crippen LogP contribution is -2.29. The Bertz CT molecular complexity index is 961. The van der Waals surface area contributed by atoms with Gasteiger partial charge in [-0.2, -0.15) is 0 Å². The Morgan fingerprint density at radius 1 is 0.833 bits per heavy atom. The summed E-state index contributed by atoms with van der Waals surface area (Å²) in [6.07, 6.45) is 0. The van der Waals surface area contributed by atoms with E-state index in [9.17, 15) is 4.79 Å². The van der Waals surface area contributed by atoms with Crippen LogP contribution < -0.4 is 28.4 Å². The summed E-state index contributed by atoms with van der Waals surface area (Å²) in [5.41, 5.74) is 3.52. The van der Waals surface area contributed by atoms with E-state index in [-0.39, 0.29) is 26.1 Å². The first-order valence-electron chi connectivity index (χ1n) is 9.43. The maximum absolute atomic E-state index is 12.0. The van der Waals surface area contributed by atoms with Crippen LogP contribution in [0.1, 0.15) is 11.1 Å². The first-order chi connectivity index (χ1) is 14.6. The van der Waals surface area contributed by atoms with Crippen LogP contribution in [-0.2, 0) is 22.6 Å². The topological polar surface area (TPSA) is 84.9 Å². The number of benzene rings is 2. The van der Waals surface area contributed by atoms with Crippen molar-refractivity contribution in [2.24, 2.45) is 0 Å². The van der Waals surface area contributed by atoms with Crippen molar-refractivity contribution < 1.29 is 38.0 Å². The molecule has 0 atom stereocenters. The van der Waals surface area contributed by atoms with Crippen molar-refractivity contribution in [3.8, 4) is 45.6 Å². The zero-order chi connectivity index (χ0) is 20.8. The maximum Gasteiger partial charge on any atom is 0.319 e. The van der Waals surface area contributed by atoms with Gasteiger partial charge in [0.15, 0.2) is 23.0 Å². The molecule has 9 heteroatoms. The Balaban J connectivity index is 1.78. The predicted molar refractivity (Wildman–Crippen MR) is 103 cm³/mol. The summed E-state index contributed by atoms with van der Waals surface area (Å²) >= 11 is 0. The number of carbonyl (C=O) groups is 1. The number of hydrogen-bond donors (Lipinski definition) is 0. The number of rotatable bonds is 4. The average molecular weight is 415 g/mol. The van der Waals surface area contributed by atoms with Crippen LogP contribution in [0.4, 0.5) is 0 Å². The minimum atomic E-state index is -0.319.